The van der Waals surface area contributed by atoms with Gasteiger partial charge in [-0.05, 0) is 61.7 Å². The van der Waals surface area contributed by atoms with Gasteiger partial charge >= 0.3 is 0 Å². The zero-order valence-corrected chi connectivity index (χ0v) is 19.3. The molecule has 2 atom stereocenters. The molecular weight excluding hydrogens is 443 g/mol. The van der Waals surface area contributed by atoms with E-state index < -0.39 is 32.2 Å². The van der Waals surface area contributed by atoms with Crippen LogP contribution in [0.4, 0.5) is 4.39 Å². The first-order chi connectivity index (χ1) is 14.6. The third-order valence-corrected chi connectivity index (χ3v) is 7.18. The van der Waals surface area contributed by atoms with Crippen molar-refractivity contribution in [1.29, 1.82) is 0 Å². The van der Waals surface area contributed by atoms with Crippen molar-refractivity contribution in [2.24, 2.45) is 5.41 Å². The third-order valence-electron chi connectivity index (χ3n) is 5.44. The number of thiocarbonyl (C=S) groups is 1. The van der Waals surface area contributed by atoms with Crippen LogP contribution in [0.15, 0.2) is 34.9 Å². The monoisotopic (exact) mass is 470 g/mol. The Labute approximate surface area is 187 Å². The molecule has 0 saturated heterocycles. The molecule has 1 heterocycles. The van der Waals surface area contributed by atoms with Crippen LogP contribution < -0.4 is 20.7 Å². The van der Waals surface area contributed by atoms with Gasteiger partial charge in [-0.1, -0.05) is 19.9 Å². The fourth-order valence-electron chi connectivity index (χ4n) is 3.56. The molecule has 0 aliphatic carbocycles. The van der Waals surface area contributed by atoms with E-state index >= 15 is 0 Å². The first-order valence-corrected chi connectivity index (χ1v) is 11.8. The summed E-state index contributed by atoms with van der Waals surface area (Å²) in [6, 6.07) is 2.83. The smallest absolute Gasteiger partial charge is 0.266 e. The number of amides is 2. The normalized spacial score (nSPS) is 19.2. The maximum absolute atomic E-state index is 14.4. The Morgan fingerprint density at radius 2 is 2.06 bits per heavy atom. The third kappa shape index (κ3) is 5.40. The van der Waals surface area contributed by atoms with Crippen LogP contribution in [0.25, 0.3) is 0 Å². The predicted octanol–water partition coefficient (Wildman–Crippen LogP) is 2.00. The lowest BCUT2D eigenvalue weighted by atomic mass is 9.73. The summed E-state index contributed by atoms with van der Waals surface area (Å²) in [5.41, 5.74) is 0.293. The molecule has 0 spiro atoms. The lowest BCUT2D eigenvalue weighted by Gasteiger charge is -2.31. The van der Waals surface area contributed by atoms with E-state index in [1.54, 1.807) is 6.20 Å². The maximum atomic E-state index is 14.4. The van der Waals surface area contributed by atoms with E-state index in [0.717, 1.165) is 24.1 Å². The van der Waals surface area contributed by atoms with Gasteiger partial charge in [-0.2, -0.15) is 0 Å². The predicted molar refractivity (Wildman–Crippen MR) is 119 cm³/mol. The second-order valence-electron chi connectivity index (χ2n) is 7.33. The largest absolute Gasteiger partial charge is 0.362 e. The number of halogens is 1. The Hall–Kier alpha value is -2.53. The molecule has 8 nitrogen and oxygen atoms in total. The van der Waals surface area contributed by atoms with Crippen molar-refractivity contribution >= 4 is 39.7 Å². The molecule has 1 aromatic rings. The van der Waals surface area contributed by atoms with E-state index in [4.69, 9.17) is 12.2 Å². The van der Waals surface area contributed by atoms with Crippen LogP contribution in [0, 0.1) is 11.2 Å². The number of carbonyl (C=O) groups excluding carboxylic acids is 2. The number of nitrogens with one attached hydrogen (secondary N) is 4. The highest BCUT2D eigenvalue weighted by atomic mass is 32.2. The van der Waals surface area contributed by atoms with Crippen molar-refractivity contribution in [1.82, 2.24) is 20.7 Å². The maximum Gasteiger partial charge on any atom is 0.266 e. The number of carbonyl (C=O) groups is 2. The number of sulfonamides is 1. The first-order valence-electron chi connectivity index (χ1n) is 9.89. The van der Waals surface area contributed by atoms with E-state index in [9.17, 15) is 22.4 Å². The molecule has 2 rings (SSSR count). The van der Waals surface area contributed by atoms with Gasteiger partial charge in [0, 0.05) is 12.7 Å². The van der Waals surface area contributed by atoms with Crippen molar-refractivity contribution in [2.75, 3.05) is 6.54 Å². The van der Waals surface area contributed by atoms with Gasteiger partial charge in [0.25, 0.3) is 10.0 Å². The zero-order chi connectivity index (χ0) is 23.2. The molecule has 4 N–H and O–H groups in total. The standard InChI is InChI=1S/C20H27FN4O4S2/c1-4-8-22-19(30)25-31(28,29)17-9-14(6-7-15(17)21)16(24-12-26)10-20(5-2)13(3)11-23-18(20)27/h6-7,9,11-12,16H,4-5,8,10H2,1-3H3,(H,23,27)(H,24,26)(H2,22,25,30). The second kappa shape index (κ2) is 10.2. The molecule has 0 bridgehead atoms. The van der Waals surface area contributed by atoms with Crippen LogP contribution in [-0.4, -0.2) is 32.4 Å². The van der Waals surface area contributed by atoms with Crippen molar-refractivity contribution < 1.29 is 22.4 Å². The minimum Gasteiger partial charge on any atom is -0.362 e. The molecule has 1 aliphatic rings. The van der Waals surface area contributed by atoms with E-state index in [1.807, 2.05) is 20.8 Å². The average molecular weight is 471 g/mol. The van der Waals surface area contributed by atoms with Gasteiger partial charge in [0.15, 0.2) is 5.11 Å². The summed E-state index contributed by atoms with van der Waals surface area (Å²) in [4.78, 5) is 23.2. The number of rotatable bonds is 10. The first kappa shape index (κ1) is 24.7. The van der Waals surface area contributed by atoms with Crippen LogP contribution in [0.5, 0.6) is 0 Å². The lowest BCUT2D eigenvalue weighted by molar-refractivity contribution is -0.128. The fourth-order valence-corrected chi connectivity index (χ4v) is 5.04. The van der Waals surface area contributed by atoms with Crippen LogP contribution in [0.2, 0.25) is 0 Å². The molecule has 31 heavy (non-hydrogen) atoms. The summed E-state index contributed by atoms with van der Waals surface area (Å²) >= 11 is 4.96. The Morgan fingerprint density at radius 3 is 2.61 bits per heavy atom. The Morgan fingerprint density at radius 1 is 1.35 bits per heavy atom. The number of hydrogen-bond donors (Lipinski definition) is 4. The minimum absolute atomic E-state index is 0.137. The number of hydrogen-bond acceptors (Lipinski definition) is 5. The molecule has 0 saturated carbocycles. The van der Waals surface area contributed by atoms with Gasteiger partial charge in [-0.15, -0.1) is 0 Å². The van der Waals surface area contributed by atoms with E-state index in [1.165, 1.54) is 6.07 Å². The van der Waals surface area contributed by atoms with Crippen LogP contribution in [0.3, 0.4) is 0 Å². The van der Waals surface area contributed by atoms with Crippen LogP contribution in [0.1, 0.15) is 51.6 Å². The Kier molecular flexibility index (Phi) is 8.13. The molecule has 1 aromatic carbocycles. The van der Waals surface area contributed by atoms with Crippen molar-refractivity contribution in [3.05, 3.63) is 41.4 Å². The molecule has 2 unspecified atom stereocenters. The van der Waals surface area contributed by atoms with E-state index in [-0.39, 0.29) is 17.4 Å². The minimum atomic E-state index is -4.30. The highest BCUT2D eigenvalue weighted by molar-refractivity contribution is 7.91. The zero-order valence-electron chi connectivity index (χ0n) is 17.6. The van der Waals surface area contributed by atoms with E-state index in [2.05, 4.69) is 20.7 Å². The average Bonchev–Trinajstić information content (AvgIpc) is 3.00. The molecule has 0 fully saturated rings. The van der Waals surface area contributed by atoms with Gasteiger partial charge in [0.05, 0.1) is 11.5 Å². The van der Waals surface area contributed by atoms with Gasteiger partial charge in [-0.3, -0.25) is 14.3 Å². The van der Waals surface area contributed by atoms with E-state index in [0.29, 0.717) is 24.9 Å². The molecular formula is C20H27FN4O4S2. The highest BCUT2D eigenvalue weighted by Gasteiger charge is 2.43. The molecule has 1 aliphatic heterocycles. The highest BCUT2D eigenvalue weighted by Crippen LogP contribution is 2.42. The number of benzene rings is 1. The Bertz CT molecular complexity index is 997. The lowest BCUT2D eigenvalue weighted by Crippen LogP contribution is -2.40. The molecule has 11 heteroatoms. The SMILES string of the molecule is CCCNC(=S)NS(=O)(=O)c1cc(C(CC2(CC)C(=O)NC=C2C)NC=O)ccc1F. The fraction of sp³-hybridized carbons (Fsp3) is 0.450. The van der Waals surface area contributed by atoms with Gasteiger partial charge in [0.1, 0.15) is 10.7 Å². The summed E-state index contributed by atoms with van der Waals surface area (Å²) in [7, 11) is -4.30. The summed E-state index contributed by atoms with van der Waals surface area (Å²) in [6.07, 6.45) is 3.48. The van der Waals surface area contributed by atoms with Crippen LogP contribution >= 0.6 is 12.2 Å². The van der Waals surface area contributed by atoms with Crippen molar-refractivity contribution in [2.45, 2.75) is 51.0 Å². The van der Waals surface area contributed by atoms with Crippen molar-refractivity contribution in [3.63, 3.8) is 0 Å². The quantitative estimate of drug-likeness (QED) is 0.307. The molecule has 2 amide bonds. The van der Waals surface area contributed by atoms with Gasteiger partial charge < -0.3 is 16.0 Å². The molecule has 170 valence electrons. The van der Waals surface area contributed by atoms with Gasteiger partial charge in [-0.25, -0.2) is 12.8 Å². The van der Waals surface area contributed by atoms with Crippen molar-refractivity contribution in [3.8, 4) is 0 Å². The Balaban J connectivity index is 2.40. The topological polar surface area (TPSA) is 116 Å². The molecule has 0 radical (unpaired) electrons. The second-order valence-corrected chi connectivity index (χ2v) is 9.39. The molecule has 0 aromatic heterocycles. The summed E-state index contributed by atoms with van der Waals surface area (Å²) < 4.78 is 42.0. The summed E-state index contributed by atoms with van der Waals surface area (Å²) in [5, 5.41) is 7.90. The van der Waals surface area contributed by atoms with Crippen LogP contribution in [-0.2, 0) is 19.6 Å². The van der Waals surface area contributed by atoms with Gasteiger partial charge in [0.2, 0.25) is 12.3 Å². The summed E-state index contributed by atoms with van der Waals surface area (Å²) in [6.45, 7) is 6.02. The summed E-state index contributed by atoms with van der Waals surface area (Å²) in [5.74, 6) is -1.16.